The molecule has 1 aromatic carbocycles. The summed E-state index contributed by atoms with van der Waals surface area (Å²) in [7, 11) is 0. The van der Waals surface area contributed by atoms with Gasteiger partial charge in [-0.1, -0.05) is 65.5 Å². The second-order valence-electron chi connectivity index (χ2n) is 11.2. The predicted octanol–water partition coefficient (Wildman–Crippen LogP) is 7.20. The van der Waals surface area contributed by atoms with E-state index in [0.29, 0.717) is 12.8 Å². The van der Waals surface area contributed by atoms with Gasteiger partial charge >= 0.3 is 0 Å². The summed E-state index contributed by atoms with van der Waals surface area (Å²) < 4.78 is 0. The first-order valence-electron chi connectivity index (χ1n) is 16.1. The summed E-state index contributed by atoms with van der Waals surface area (Å²) in [6.45, 7) is 8.01. The van der Waals surface area contributed by atoms with Gasteiger partial charge in [0.25, 0.3) is 17.5 Å². The van der Waals surface area contributed by atoms with Crippen molar-refractivity contribution in [2.75, 3.05) is 21.3 Å². The van der Waals surface area contributed by atoms with E-state index in [1.165, 1.54) is 18.2 Å². The molecule has 3 aromatic rings. The van der Waals surface area contributed by atoms with E-state index in [1.54, 1.807) is 24.3 Å². The van der Waals surface area contributed by atoms with Gasteiger partial charge in [-0.3, -0.25) is 29.3 Å². The van der Waals surface area contributed by atoms with Gasteiger partial charge in [0, 0.05) is 35.1 Å². The van der Waals surface area contributed by atoms with Crippen LogP contribution in [0.4, 0.5) is 29.0 Å². The topological polar surface area (TPSA) is 185 Å². The van der Waals surface area contributed by atoms with Crippen LogP contribution in [0.15, 0.2) is 54.6 Å². The molecule has 13 heteroatoms. The molecule has 0 saturated heterocycles. The monoisotopic (exact) mass is 645 g/mol. The van der Waals surface area contributed by atoms with E-state index in [2.05, 4.69) is 45.1 Å². The third-order valence-corrected chi connectivity index (χ3v) is 7.68. The zero-order valence-corrected chi connectivity index (χ0v) is 27.3. The number of benzene rings is 1. The molecule has 0 aliphatic rings. The molecule has 3 rings (SSSR count). The maximum atomic E-state index is 13.2. The maximum Gasteiger partial charge on any atom is 0.271 e. The fraction of sp³-hybridized carbons (Fsp3) is 0.412. The summed E-state index contributed by atoms with van der Waals surface area (Å²) in [4.78, 5) is 71.3. The first-order valence-corrected chi connectivity index (χ1v) is 16.1. The Hall–Kier alpha value is -5.20. The molecule has 0 aliphatic carbocycles. The van der Waals surface area contributed by atoms with Gasteiger partial charge in [0.05, 0.1) is 4.92 Å². The van der Waals surface area contributed by atoms with Gasteiger partial charge < -0.3 is 21.3 Å². The van der Waals surface area contributed by atoms with Crippen LogP contribution in [0.1, 0.15) is 99.8 Å². The Balaban J connectivity index is 1.75. The molecular weight excluding hydrogens is 602 g/mol. The molecule has 4 N–H and O–H groups in total. The van der Waals surface area contributed by atoms with E-state index in [1.807, 2.05) is 13.8 Å². The number of nitro benzene ring substituents is 1. The zero-order valence-electron chi connectivity index (χ0n) is 27.3. The van der Waals surface area contributed by atoms with Crippen molar-refractivity contribution in [3.05, 3.63) is 75.8 Å². The van der Waals surface area contributed by atoms with Gasteiger partial charge in [0.15, 0.2) is 0 Å². The van der Waals surface area contributed by atoms with Gasteiger partial charge in [-0.2, -0.15) is 0 Å². The lowest BCUT2D eigenvalue weighted by molar-refractivity contribution is -0.384. The van der Waals surface area contributed by atoms with E-state index in [-0.39, 0.29) is 58.0 Å². The zero-order chi connectivity index (χ0) is 34.3. The number of unbranched alkanes of at least 4 members (excludes halogenated alkanes) is 2. The Morgan fingerprint density at radius 1 is 0.660 bits per heavy atom. The number of nitrogens with one attached hydrogen (secondary N) is 4. The average molecular weight is 646 g/mol. The van der Waals surface area contributed by atoms with Gasteiger partial charge in [0.2, 0.25) is 11.8 Å². The first-order chi connectivity index (χ1) is 22.6. The quantitative estimate of drug-likeness (QED) is 0.0876. The summed E-state index contributed by atoms with van der Waals surface area (Å²) in [5.74, 6) is -1.43. The lowest BCUT2D eigenvalue weighted by Gasteiger charge is -2.15. The van der Waals surface area contributed by atoms with E-state index < -0.39 is 22.4 Å². The second-order valence-corrected chi connectivity index (χ2v) is 11.2. The van der Waals surface area contributed by atoms with E-state index in [4.69, 9.17) is 0 Å². The van der Waals surface area contributed by atoms with Crippen molar-refractivity contribution in [2.45, 2.75) is 79.1 Å². The van der Waals surface area contributed by atoms with Gasteiger partial charge in [-0.05, 0) is 56.0 Å². The highest BCUT2D eigenvalue weighted by molar-refractivity contribution is 6.09. The Labute approximate surface area is 274 Å². The smallest absolute Gasteiger partial charge is 0.271 e. The Kier molecular flexibility index (Phi) is 13.9. The molecule has 2 atom stereocenters. The lowest BCUT2D eigenvalue weighted by Crippen LogP contribution is -2.23. The molecule has 4 amide bonds. The number of nitrogens with zero attached hydrogens (tertiary/aromatic N) is 3. The number of hydrogen-bond acceptors (Lipinski definition) is 8. The number of non-ortho nitro benzene ring substituents is 1. The lowest BCUT2D eigenvalue weighted by atomic mass is 9.98. The van der Waals surface area contributed by atoms with Gasteiger partial charge in [-0.15, -0.1) is 0 Å². The normalized spacial score (nSPS) is 12.0. The summed E-state index contributed by atoms with van der Waals surface area (Å²) in [6.07, 6.45) is 6.70. The average Bonchev–Trinajstić information content (AvgIpc) is 3.05. The molecule has 0 spiro atoms. The molecule has 0 bridgehead atoms. The molecule has 0 aliphatic heterocycles. The van der Waals surface area contributed by atoms with Gasteiger partial charge in [0.1, 0.15) is 23.3 Å². The standard InChI is InChI=1S/C34H43N7O6/c1-5-9-13-22(7-3)31(42)37-27-15-11-17-29(35-27)39-33(44)24-19-25(21-26(20-24)41(46)47)34(45)40-30-18-12-16-28(36-30)38-32(43)23(8-4)14-10-6-2/h11-12,15-23H,5-10,13-14H2,1-4H3,(H2,35,37,39,42,44)(H2,36,38,40,43,45). The van der Waals surface area contributed by atoms with Crippen molar-refractivity contribution in [3.8, 4) is 0 Å². The third kappa shape index (κ3) is 11.0. The van der Waals surface area contributed by atoms with E-state index in [9.17, 15) is 29.3 Å². The molecule has 0 saturated carbocycles. The minimum absolute atomic E-state index is 0.106. The SMILES string of the molecule is CCCCC(CC)C(=O)Nc1cccc(NC(=O)c2cc(C(=O)Nc3cccc(NC(=O)C(CC)CCCC)n3)cc([N+](=O)[O-])c2)n1. The summed E-state index contributed by atoms with van der Waals surface area (Å²) in [5.41, 5.74) is -0.781. The number of carbonyl (C=O) groups excluding carboxylic acids is 4. The third-order valence-electron chi connectivity index (χ3n) is 7.68. The molecule has 0 radical (unpaired) electrons. The maximum absolute atomic E-state index is 13.2. The highest BCUT2D eigenvalue weighted by atomic mass is 16.6. The largest absolute Gasteiger partial charge is 0.310 e. The number of amides is 4. The van der Waals surface area contributed by atoms with Crippen molar-refractivity contribution in [3.63, 3.8) is 0 Å². The van der Waals surface area contributed by atoms with Crippen LogP contribution in [-0.4, -0.2) is 38.5 Å². The fourth-order valence-electron chi connectivity index (χ4n) is 4.90. The van der Waals surface area contributed by atoms with Crippen molar-refractivity contribution >= 4 is 52.6 Å². The molecule has 2 aromatic heterocycles. The van der Waals surface area contributed by atoms with Crippen LogP contribution < -0.4 is 21.3 Å². The van der Waals surface area contributed by atoms with Crippen LogP contribution in [0.5, 0.6) is 0 Å². The first kappa shape index (κ1) is 36.3. The fourth-order valence-corrected chi connectivity index (χ4v) is 4.90. The van der Waals surface area contributed by atoms with Crippen LogP contribution in [0.3, 0.4) is 0 Å². The van der Waals surface area contributed by atoms with E-state index >= 15 is 0 Å². The highest BCUT2D eigenvalue weighted by Gasteiger charge is 2.21. The molecule has 47 heavy (non-hydrogen) atoms. The minimum Gasteiger partial charge on any atom is -0.310 e. The van der Waals surface area contributed by atoms with Crippen LogP contribution in [0.25, 0.3) is 0 Å². The summed E-state index contributed by atoms with van der Waals surface area (Å²) in [6, 6.07) is 12.7. The second kappa shape index (κ2) is 18.1. The van der Waals surface area contributed by atoms with Crippen LogP contribution in [-0.2, 0) is 9.59 Å². The van der Waals surface area contributed by atoms with Gasteiger partial charge in [-0.25, -0.2) is 9.97 Å². The number of hydrogen-bond donors (Lipinski definition) is 4. The van der Waals surface area contributed by atoms with Crippen LogP contribution >= 0.6 is 0 Å². The Morgan fingerprint density at radius 2 is 1.04 bits per heavy atom. The number of nitro groups is 1. The molecule has 2 heterocycles. The molecular formula is C34H43N7O6. The van der Waals surface area contributed by atoms with Crippen molar-refractivity contribution in [1.29, 1.82) is 0 Å². The Morgan fingerprint density at radius 3 is 1.38 bits per heavy atom. The number of aromatic nitrogens is 2. The van der Waals surface area contributed by atoms with Crippen molar-refractivity contribution in [1.82, 2.24) is 9.97 Å². The molecule has 0 fully saturated rings. The minimum atomic E-state index is -0.746. The summed E-state index contributed by atoms with van der Waals surface area (Å²) in [5, 5.41) is 22.4. The number of pyridine rings is 2. The number of rotatable bonds is 17. The van der Waals surface area contributed by atoms with E-state index in [0.717, 1.165) is 50.7 Å². The highest BCUT2D eigenvalue weighted by Crippen LogP contribution is 2.22. The van der Waals surface area contributed by atoms with Crippen LogP contribution in [0, 0.1) is 22.0 Å². The number of anilines is 4. The summed E-state index contributed by atoms with van der Waals surface area (Å²) >= 11 is 0. The molecule has 250 valence electrons. The molecule has 13 nitrogen and oxygen atoms in total. The van der Waals surface area contributed by atoms with Crippen molar-refractivity contribution in [2.24, 2.45) is 11.8 Å². The molecule has 2 unspecified atom stereocenters. The Bertz CT molecular complexity index is 1470. The predicted molar refractivity (Wildman–Crippen MR) is 181 cm³/mol. The van der Waals surface area contributed by atoms with Crippen LogP contribution in [0.2, 0.25) is 0 Å². The number of carbonyl (C=O) groups is 4. The van der Waals surface area contributed by atoms with Crippen molar-refractivity contribution < 1.29 is 24.1 Å².